The number of anilines is 1. The second kappa shape index (κ2) is 10.8. The van der Waals surface area contributed by atoms with E-state index in [2.05, 4.69) is 58.3 Å². The summed E-state index contributed by atoms with van der Waals surface area (Å²) in [4.78, 5) is 35.1. The van der Waals surface area contributed by atoms with E-state index in [-0.39, 0.29) is 23.7 Å². The van der Waals surface area contributed by atoms with E-state index in [4.69, 9.17) is 24.4 Å². The predicted octanol–water partition coefficient (Wildman–Crippen LogP) is 6.44. The summed E-state index contributed by atoms with van der Waals surface area (Å²) in [5, 5.41) is 3.24. The number of benzene rings is 2. The van der Waals surface area contributed by atoms with Gasteiger partial charge in [0.1, 0.15) is 18.0 Å². The third-order valence-corrected chi connectivity index (χ3v) is 10.3. The Labute approximate surface area is 264 Å². The first kappa shape index (κ1) is 28.5. The molecule has 0 unspecified atom stereocenters. The van der Waals surface area contributed by atoms with Gasteiger partial charge in [0, 0.05) is 24.8 Å². The molecular weight excluding hydrogens is 564 g/mol. The van der Waals surface area contributed by atoms with Gasteiger partial charge in [0.25, 0.3) is 0 Å². The van der Waals surface area contributed by atoms with Gasteiger partial charge in [-0.1, -0.05) is 42.5 Å². The topological polar surface area (TPSA) is 83.9 Å². The van der Waals surface area contributed by atoms with E-state index in [0.29, 0.717) is 25.7 Å². The summed E-state index contributed by atoms with van der Waals surface area (Å²) >= 11 is 0. The molecule has 234 valence electrons. The number of piperazine rings is 1. The highest BCUT2D eigenvalue weighted by Gasteiger charge is 2.46. The molecule has 0 radical (unpaired) electrons. The highest BCUT2D eigenvalue weighted by Crippen LogP contribution is 2.40. The molecule has 1 amide bonds. The zero-order chi connectivity index (χ0) is 30.8. The smallest absolute Gasteiger partial charge is 0.410 e. The molecule has 0 spiro atoms. The molecule has 0 N–H and O–H groups in total. The van der Waals surface area contributed by atoms with Crippen LogP contribution in [-0.2, 0) is 4.74 Å². The molecule has 4 fully saturated rings. The fraction of sp³-hybridized carbons (Fsp3) is 0.500. The minimum absolute atomic E-state index is 0.0697. The third-order valence-electron chi connectivity index (χ3n) is 10.3. The standard InChI is InChI=1S/C36H42N6O3/c1-35(2,3)45-34(43)42-25-13-14-26(42)22-40(21-25)32-29-20-37-30(28-12-6-10-24-9-4-5-11-27(24)28)19-31(29)38-33(39-32)44-23-36-15-7-17-41(36)18-8-16-36/h4-6,9-12,19-20,25-26H,7-8,13-18,21-23H2,1-3H3/t25-,26+. The van der Waals surface area contributed by atoms with Crippen LogP contribution in [0.15, 0.2) is 54.7 Å². The number of carbonyl (C=O) groups excluding carboxylic acids is 1. The summed E-state index contributed by atoms with van der Waals surface area (Å²) < 4.78 is 12.3. The Bertz CT molecular complexity index is 1740. The zero-order valence-corrected chi connectivity index (χ0v) is 26.5. The number of fused-ring (bicyclic) bond motifs is 5. The molecule has 2 atom stereocenters. The van der Waals surface area contributed by atoms with Crippen LogP contribution in [0, 0.1) is 0 Å². The number of carbonyl (C=O) groups is 1. The van der Waals surface area contributed by atoms with Crippen molar-refractivity contribution in [3.63, 3.8) is 0 Å². The molecule has 4 saturated heterocycles. The number of hydrogen-bond acceptors (Lipinski definition) is 8. The fourth-order valence-corrected chi connectivity index (χ4v) is 8.24. The molecule has 2 aromatic heterocycles. The summed E-state index contributed by atoms with van der Waals surface area (Å²) in [5.74, 6) is 0.833. The van der Waals surface area contributed by atoms with E-state index >= 15 is 0 Å². The van der Waals surface area contributed by atoms with Crippen LogP contribution in [0.3, 0.4) is 0 Å². The summed E-state index contributed by atoms with van der Waals surface area (Å²) in [7, 11) is 0. The van der Waals surface area contributed by atoms with E-state index < -0.39 is 5.60 Å². The van der Waals surface area contributed by atoms with Crippen molar-refractivity contribution in [1.82, 2.24) is 24.8 Å². The molecule has 4 aromatic rings. The molecule has 6 heterocycles. The highest BCUT2D eigenvalue weighted by atomic mass is 16.6. The van der Waals surface area contributed by atoms with Crippen LogP contribution in [-0.4, -0.2) is 86.9 Å². The second-order valence-electron chi connectivity index (χ2n) is 14.3. The molecule has 0 saturated carbocycles. The van der Waals surface area contributed by atoms with Crippen molar-refractivity contribution < 1.29 is 14.3 Å². The fourth-order valence-electron chi connectivity index (χ4n) is 8.24. The Kier molecular flexibility index (Phi) is 6.85. The lowest BCUT2D eigenvalue weighted by atomic mass is 9.95. The summed E-state index contributed by atoms with van der Waals surface area (Å²) in [6.07, 6.45) is 8.38. The van der Waals surface area contributed by atoms with Crippen LogP contribution in [0.1, 0.15) is 59.3 Å². The Hall–Kier alpha value is -3.98. The van der Waals surface area contributed by atoms with Crippen molar-refractivity contribution in [3.05, 3.63) is 54.7 Å². The maximum atomic E-state index is 13.2. The number of pyridine rings is 1. The van der Waals surface area contributed by atoms with Crippen molar-refractivity contribution in [3.8, 4) is 17.3 Å². The monoisotopic (exact) mass is 606 g/mol. The Balaban J connectivity index is 1.16. The molecule has 4 aliphatic rings. The van der Waals surface area contributed by atoms with Gasteiger partial charge in [-0.3, -0.25) is 14.8 Å². The molecular formula is C36H42N6O3. The van der Waals surface area contributed by atoms with Gasteiger partial charge < -0.3 is 14.4 Å². The molecule has 4 aliphatic heterocycles. The Morgan fingerprint density at radius 2 is 1.69 bits per heavy atom. The number of aromatic nitrogens is 3. The lowest BCUT2D eigenvalue weighted by Gasteiger charge is -2.42. The number of nitrogens with zero attached hydrogens (tertiary/aromatic N) is 6. The quantitative estimate of drug-likeness (QED) is 0.257. The van der Waals surface area contributed by atoms with E-state index in [9.17, 15) is 4.79 Å². The highest BCUT2D eigenvalue weighted by molar-refractivity contribution is 5.98. The zero-order valence-electron chi connectivity index (χ0n) is 26.5. The van der Waals surface area contributed by atoms with Crippen LogP contribution >= 0.6 is 0 Å². The van der Waals surface area contributed by atoms with Gasteiger partial charge >= 0.3 is 12.1 Å². The predicted molar refractivity (Wildman–Crippen MR) is 176 cm³/mol. The minimum atomic E-state index is -0.524. The summed E-state index contributed by atoms with van der Waals surface area (Å²) in [6, 6.07) is 17.4. The van der Waals surface area contributed by atoms with Crippen LogP contribution in [0.25, 0.3) is 32.9 Å². The van der Waals surface area contributed by atoms with Gasteiger partial charge in [0.15, 0.2) is 0 Å². The Morgan fingerprint density at radius 1 is 0.956 bits per heavy atom. The summed E-state index contributed by atoms with van der Waals surface area (Å²) in [5.41, 5.74) is 2.35. The first-order valence-corrected chi connectivity index (χ1v) is 16.6. The van der Waals surface area contributed by atoms with E-state index in [1.807, 2.05) is 31.9 Å². The third kappa shape index (κ3) is 5.15. The molecule has 0 aliphatic carbocycles. The first-order valence-electron chi connectivity index (χ1n) is 16.6. The van der Waals surface area contributed by atoms with Crippen molar-refractivity contribution in [2.45, 2.75) is 82.5 Å². The maximum Gasteiger partial charge on any atom is 0.410 e. The molecule has 8 rings (SSSR count). The van der Waals surface area contributed by atoms with Crippen molar-refractivity contribution in [2.24, 2.45) is 0 Å². The van der Waals surface area contributed by atoms with E-state index in [1.54, 1.807) is 0 Å². The van der Waals surface area contributed by atoms with Gasteiger partial charge in [0.2, 0.25) is 0 Å². The lowest BCUT2D eigenvalue weighted by Crippen LogP contribution is -2.57. The minimum Gasteiger partial charge on any atom is -0.461 e. The SMILES string of the molecule is CC(C)(C)OC(=O)N1[C@@H]2CC[C@H]1CN(c1nc(OCC34CCCN3CCC4)nc3cc(-c4cccc5ccccc45)ncc13)C2. The number of amides is 1. The lowest BCUT2D eigenvalue weighted by molar-refractivity contribution is 0.0122. The second-order valence-corrected chi connectivity index (χ2v) is 14.3. The summed E-state index contributed by atoms with van der Waals surface area (Å²) in [6.45, 7) is 10.0. The van der Waals surface area contributed by atoms with Crippen LogP contribution < -0.4 is 9.64 Å². The maximum absolute atomic E-state index is 13.2. The first-order chi connectivity index (χ1) is 21.8. The number of hydrogen-bond donors (Lipinski definition) is 0. The molecule has 2 aromatic carbocycles. The van der Waals surface area contributed by atoms with Crippen LogP contribution in [0.2, 0.25) is 0 Å². The van der Waals surface area contributed by atoms with Gasteiger partial charge in [0.05, 0.1) is 34.2 Å². The van der Waals surface area contributed by atoms with Gasteiger partial charge in [-0.15, -0.1) is 0 Å². The molecule has 9 heteroatoms. The van der Waals surface area contributed by atoms with E-state index in [0.717, 1.165) is 59.3 Å². The largest absolute Gasteiger partial charge is 0.461 e. The van der Waals surface area contributed by atoms with Gasteiger partial charge in [-0.2, -0.15) is 9.97 Å². The van der Waals surface area contributed by atoms with Crippen LogP contribution in [0.5, 0.6) is 6.01 Å². The van der Waals surface area contributed by atoms with Gasteiger partial charge in [-0.25, -0.2) is 4.79 Å². The average molecular weight is 607 g/mol. The van der Waals surface area contributed by atoms with Crippen LogP contribution in [0.4, 0.5) is 10.6 Å². The van der Waals surface area contributed by atoms with E-state index in [1.165, 1.54) is 31.1 Å². The van der Waals surface area contributed by atoms with Crippen molar-refractivity contribution in [2.75, 3.05) is 37.7 Å². The molecule has 2 bridgehead atoms. The Morgan fingerprint density at radius 3 is 2.44 bits per heavy atom. The van der Waals surface area contributed by atoms with Gasteiger partial charge in [-0.05, 0) is 89.2 Å². The normalized spacial score (nSPS) is 22.7. The average Bonchev–Trinajstić information content (AvgIpc) is 3.69. The van der Waals surface area contributed by atoms with Crippen molar-refractivity contribution in [1.29, 1.82) is 0 Å². The number of ether oxygens (including phenoxy) is 2. The molecule has 9 nitrogen and oxygen atoms in total. The molecule has 45 heavy (non-hydrogen) atoms. The number of rotatable bonds is 5. The van der Waals surface area contributed by atoms with Crippen molar-refractivity contribution >= 4 is 33.6 Å².